The molecule has 144 valence electrons. The number of benzene rings is 1. The Labute approximate surface area is 172 Å². The Balaban J connectivity index is 0.00000338. The summed E-state index contributed by atoms with van der Waals surface area (Å²) in [5.74, 6) is 1.33. The Hall–Kier alpha value is -1.77. The molecule has 5 nitrogen and oxygen atoms in total. The van der Waals surface area contributed by atoms with E-state index in [1.54, 1.807) is 19.2 Å². The van der Waals surface area contributed by atoms with Crippen molar-refractivity contribution in [2.45, 2.75) is 19.4 Å². The molecule has 0 spiro atoms. The number of aryl methyl sites for hydroxylation is 1. The molecule has 1 aromatic carbocycles. The van der Waals surface area contributed by atoms with Crippen molar-refractivity contribution in [1.82, 2.24) is 14.8 Å². The first-order chi connectivity index (χ1) is 12.1. The minimum atomic E-state index is -0.248. The van der Waals surface area contributed by atoms with Crippen molar-refractivity contribution in [3.8, 4) is 5.75 Å². The zero-order valence-corrected chi connectivity index (χ0v) is 17.9. The van der Waals surface area contributed by atoms with E-state index in [-0.39, 0.29) is 29.8 Å². The zero-order chi connectivity index (χ0) is 18.1. The van der Waals surface area contributed by atoms with Gasteiger partial charge in [-0.1, -0.05) is 0 Å². The van der Waals surface area contributed by atoms with E-state index >= 15 is 0 Å². The number of ether oxygens (including phenoxy) is 1. The van der Waals surface area contributed by atoms with E-state index in [1.807, 2.05) is 26.4 Å². The second-order valence-electron chi connectivity index (χ2n) is 5.95. The number of hydrogen-bond acceptors (Lipinski definition) is 2. The van der Waals surface area contributed by atoms with Gasteiger partial charge in [-0.2, -0.15) is 0 Å². The molecular weight excluding hydrogens is 446 g/mol. The van der Waals surface area contributed by atoms with Crippen molar-refractivity contribution in [2.75, 3.05) is 27.2 Å². The summed E-state index contributed by atoms with van der Waals surface area (Å²) in [5.41, 5.74) is 1.23. The fraction of sp³-hybridized carbons (Fsp3) is 0.421. The lowest BCUT2D eigenvalue weighted by atomic mass is 10.3. The van der Waals surface area contributed by atoms with Crippen LogP contribution in [0.3, 0.4) is 0 Å². The van der Waals surface area contributed by atoms with Crippen molar-refractivity contribution in [2.24, 2.45) is 12.0 Å². The number of aliphatic imine (C=N–C) groups is 1. The molecule has 0 aliphatic heterocycles. The molecule has 0 bridgehead atoms. The number of rotatable bonds is 8. The summed E-state index contributed by atoms with van der Waals surface area (Å²) in [6.45, 7) is 2.25. The summed E-state index contributed by atoms with van der Waals surface area (Å²) in [7, 11) is 5.86. The third-order valence-corrected chi connectivity index (χ3v) is 3.96. The van der Waals surface area contributed by atoms with Crippen LogP contribution in [0.4, 0.5) is 4.39 Å². The number of nitrogens with one attached hydrogen (secondary N) is 1. The second-order valence-corrected chi connectivity index (χ2v) is 5.95. The smallest absolute Gasteiger partial charge is 0.193 e. The Morgan fingerprint density at radius 1 is 1.23 bits per heavy atom. The molecule has 1 heterocycles. The largest absolute Gasteiger partial charge is 0.494 e. The molecule has 2 rings (SSSR count). The average Bonchev–Trinajstić information content (AvgIpc) is 3.00. The van der Waals surface area contributed by atoms with Gasteiger partial charge in [0.1, 0.15) is 11.6 Å². The predicted octanol–water partition coefficient (Wildman–Crippen LogP) is 3.65. The summed E-state index contributed by atoms with van der Waals surface area (Å²) in [5, 5.41) is 3.37. The van der Waals surface area contributed by atoms with Crippen LogP contribution in [0.25, 0.3) is 0 Å². The first-order valence-corrected chi connectivity index (χ1v) is 8.50. The zero-order valence-electron chi connectivity index (χ0n) is 15.6. The highest BCUT2D eigenvalue weighted by atomic mass is 127. The minimum Gasteiger partial charge on any atom is -0.494 e. The van der Waals surface area contributed by atoms with Crippen LogP contribution in [-0.4, -0.2) is 42.7 Å². The highest BCUT2D eigenvalue weighted by molar-refractivity contribution is 14.0. The standard InChI is InChI=1S/C19H27FN4O.HI/c1-21-19(24(3)15-17-7-6-13-23(17)2)22-12-4-5-14-25-18-10-8-16(20)9-11-18;/h6-11,13H,4-5,12,14-15H2,1-3H3,(H,21,22);1H. The van der Waals surface area contributed by atoms with E-state index in [1.165, 1.54) is 17.8 Å². The van der Waals surface area contributed by atoms with Gasteiger partial charge in [0.2, 0.25) is 0 Å². The summed E-state index contributed by atoms with van der Waals surface area (Å²) in [6, 6.07) is 10.3. The SMILES string of the molecule is CN=C(NCCCCOc1ccc(F)cc1)N(C)Cc1cccn1C.I. The number of guanidine groups is 1. The fourth-order valence-corrected chi connectivity index (χ4v) is 2.51. The number of nitrogens with zero attached hydrogens (tertiary/aromatic N) is 3. The fourth-order valence-electron chi connectivity index (χ4n) is 2.51. The first-order valence-electron chi connectivity index (χ1n) is 8.50. The van der Waals surface area contributed by atoms with Gasteiger partial charge in [0.25, 0.3) is 0 Å². The molecular formula is C19H28FIN4O. The maximum Gasteiger partial charge on any atom is 0.193 e. The molecule has 1 aromatic heterocycles. The molecule has 0 unspecified atom stereocenters. The van der Waals surface area contributed by atoms with E-state index in [9.17, 15) is 4.39 Å². The van der Waals surface area contributed by atoms with E-state index in [0.29, 0.717) is 12.4 Å². The first kappa shape index (κ1) is 22.3. The van der Waals surface area contributed by atoms with Gasteiger partial charge < -0.3 is 19.5 Å². The van der Waals surface area contributed by atoms with Gasteiger partial charge in [0, 0.05) is 39.6 Å². The van der Waals surface area contributed by atoms with Crippen LogP contribution >= 0.6 is 24.0 Å². The van der Waals surface area contributed by atoms with Crippen molar-refractivity contribution in [1.29, 1.82) is 0 Å². The molecule has 0 radical (unpaired) electrons. The summed E-state index contributed by atoms with van der Waals surface area (Å²) in [6.07, 6.45) is 3.93. The van der Waals surface area contributed by atoms with Crippen molar-refractivity contribution < 1.29 is 9.13 Å². The topological polar surface area (TPSA) is 41.8 Å². The van der Waals surface area contributed by atoms with Crippen LogP contribution in [0.1, 0.15) is 18.5 Å². The second kappa shape index (κ2) is 11.8. The molecule has 1 N–H and O–H groups in total. The van der Waals surface area contributed by atoms with Crippen LogP contribution < -0.4 is 10.1 Å². The Kier molecular flexibility index (Phi) is 10.1. The Bertz CT molecular complexity index is 672. The quantitative estimate of drug-likeness (QED) is 0.275. The van der Waals surface area contributed by atoms with E-state index in [4.69, 9.17) is 4.74 Å². The van der Waals surface area contributed by atoms with Crippen molar-refractivity contribution >= 4 is 29.9 Å². The predicted molar refractivity (Wildman–Crippen MR) is 115 cm³/mol. The number of halogens is 2. The maximum absolute atomic E-state index is 12.8. The lowest BCUT2D eigenvalue weighted by Gasteiger charge is -2.22. The lowest BCUT2D eigenvalue weighted by Crippen LogP contribution is -2.39. The molecule has 0 saturated heterocycles. The summed E-state index contributed by atoms with van der Waals surface area (Å²) >= 11 is 0. The van der Waals surface area contributed by atoms with Crippen LogP contribution in [-0.2, 0) is 13.6 Å². The van der Waals surface area contributed by atoms with Gasteiger partial charge in [0.15, 0.2) is 5.96 Å². The Morgan fingerprint density at radius 3 is 2.58 bits per heavy atom. The Morgan fingerprint density at radius 2 is 1.96 bits per heavy atom. The van der Waals surface area contributed by atoms with Gasteiger partial charge in [-0.25, -0.2) is 4.39 Å². The van der Waals surface area contributed by atoms with Crippen molar-refractivity contribution in [3.63, 3.8) is 0 Å². The van der Waals surface area contributed by atoms with Gasteiger partial charge in [-0.05, 0) is 49.2 Å². The molecule has 0 fully saturated rings. The van der Waals surface area contributed by atoms with E-state index in [2.05, 4.69) is 25.8 Å². The number of hydrogen-bond donors (Lipinski definition) is 1. The van der Waals surface area contributed by atoms with Gasteiger partial charge in [0.05, 0.1) is 13.2 Å². The lowest BCUT2D eigenvalue weighted by molar-refractivity contribution is 0.306. The molecule has 0 aliphatic rings. The monoisotopic (exact) mass is 474 g/mol. The van der Waals surface area contributed by atoms with Crippen LogP contribution in [0.5, 0.6) is 5.75 Å². The normalized spacial score (nSPS) is 11.0. The minimum absolute atomic E-state index is 0. The van der Waals surface area contributed by atoms with E-state index < -0.39 is 0 Å². The third-order valence-electron chi connectivity index (χ3n) is 3.96. The number of aromatic nitrogens is 1. The summed E-state index contributed by atoms with van der Waals surface area (Å²) in [4.78, 5) is 6.43. The highest BCUT2D eigenvalue weighted by Gasteiger charge is 2.07. The average molecular weight is 474 g/mol. The van der Waals surface area contributed by atoms with Gasteiger partial charge in [-0.3, -0.25) is 4.99 Å². The summed E-state index contributed by atoms with van der Waals surface area (Å²) < 4.78 is 20.5. The van der Waals surface area contributed by atoms with Gasteiger partial charge in [-0.15, -0.1) is 24.0 Å². The molecule has 7 heteroatoms. The maximum atomic E-state index is 12.8. The number of unbranched alkanes of at least 4 members (excludes halogenated alkanes) is 1. The van der Waals surface area contributed by atoms with Crippen LogP contribution in [0.15, 0.2) is 47.6 Å². The van der Waals surface area contributed by atoms with Crippen molar-refractivity contribution in [3.05, 3.63) is 54.1 Å². The van der Waals surface area contributed by atoms with Crippen LogP contribution in [0, 0.1) is 5.82 Å². The van der Waals surface area contributed by atoms with Crippen LogP contribution in [0.2, 0.25) is 0 Å². The molecule has 0 atom stereocenters. The highest BCUT2D eigenvalue weighted by Crippen LogP contribution is 2.11. The molecule has 0 saturated carbocycles. The third kappa shape index (κ3) is 7.23. The molecule has 0 aliphatic carbocycles. The molecule has 26 heavy (non-hydrogen) atoms. The van der Waals surface area contributed by atoms with Gasteiger partial charge >= 0.3 is 0 Å². The van der Waals surface area contributed by atoms with E-state index in [0.717, 1.165) is 31.9 Å². The molecule has 0 amide bonds. The molecule has 2 aromatic rings.